The van der Waals surface area contributed by atoms with E-state index >= 15 is 0 Å². The Morgan fingerprint density at radius 1 is 1.50 bits per heavy atom. The maximum atomic E-state index is 11.8. The Morgan fingerprint density at radius 3 is 2.94 bits per heavy atom. The molecule has 1 amide bonds. The minimum Gasteiger partial charge on any atom is -0.317 e. The fraction of sp³-hybridized carbons (Fsp3) is 0.692. The lowest BCUT2D eigenvalue weighted by Crippen LogP contribution is -2.28. The van der Waals surface area contributed by atoms with Gasteiger partial charge in [-0.15, -0.1) is 0 Å². The van der Waals surface area contributed by atoms with Gasteiger partial charge in [-0.2, -0.15) is 5.10 Å². The van der Waals surface area contributed by atoms with E-state index in [1.807, 2.05) is 6.07 Å². The number of anilines is 1. The van der Waals surface area contributed by atoms with Crippen molar-refractivity contribution in [2.45, 2.75) is 39.0 Å². The summed E-state index contributed by atoms with van der Waals surface area (Å²) in [7, 11) is 0. The van der Waals surface area contributed by atoms with E-state index in [4.69, 9.17) is 0 Å². The smallest absolute Gasteiger partial charge is 0.225 e. The Kier molecular flexibility index (Phi) is 4.75. The molecule has 1 fully saturated rings. The molecule has 0 aliphatic carbocycles. The van der Waals surface area contributed by atoms with Crippen LogP contribution in [0.2, 0.25) is 0 Å². The molecule has 1 aliphatic heterocycles. The largest absolute Gasteiger partial charge is 0.317 e. The lowest BCUT2D eigenvalue weighted by molar-refractivity contribution is -0.116. The third kappa shape index (κ3) is 3.84. The Hall–Kier alpha value is -1.36. The maximum absolute atomic E-state index is 11.8. The van der Waals surface area contributed by atoms with Gasteiger partial charge in [0.1, 0.15) is 0 Å². The Bertz CT molecular complexity index is 382. The minimum absolute atomic E-state index is 0.0719. The molecule has 0 atom stereocenters. The molecule has 0 saturated carbocycles. The highest BCUT2D eigenvalue weighted by molar-refractivity contribution is 5.89. The molecule has 1 aromatic rings. The first kappa shape index (κ1) is 13.1. The van der Waals surface area contributed by atoms with Crippen molar-refractivity contribution in [1.29, 1.82) is 0 Å². The molecule has 5 nitrogen and oxygen atoms in total. The van der Waals surface area contributed by atoms with E-state index < -0.39 is 0 Å². The van der Waals surface area contributed by atoms with E-state index in [0.29, 0.717) is 18.2 Å². The molecule has 5 heteroatoms. The van der Waals surface area contributed by atoms with Crippen molar-refractivity contribution in [3.63, 3.8) is 0 Å². The predicted molar refractivity (Wildman–Crippen MR) is 71.4 cm³/mol. The monoisotopic (exact) mass is 250 g/mol. The van der Waals surface area contributed by atoms with Gasteiger partial charge in [0, 0.05) is 18.2 Å². The van der Waals surface area contributed by atoms with Gasteiger partial charge in [-0.25, -0.2) is 0 Å². The number of nitrogens with one attached hydrogen (secondary N) is 3. The number of aromatic amines is 1. The molecule has 2 heterocycles. The Morgan fingerprint density at radius 2 is 2.28 bits per heavy atom. The number of nitrogens with zero attached hydrogens (tertiary/aromatic N) is 1. The first-order valence-corrected chi connectivity index (χ1v) is 6.82. The van der Waals surface area contributed by atoms with Gasteiger partial charge in [-0.05, 0) is 44.7 Å². The first-order chi connectivity index (χ1) is 8.78. The van der Waals surface area contributed by atoms with Crippen LogP contribution in [0.3, 0.4) is 0 Å². The number of carbonyl (C=O) groups excluding carboxylic acids is 1. The van der Waals surface area contributed by atoms with Crippen LogP contribution in [-0.2, 0) is 11.2 Å². The summed E-state index contributed by atoms with van der Waals surface area (Å²) in [5, 5.41) is 13.1. The highest BCUT2D eigenvalue weighted by Gasteiger charge is 2.14. The predicted octanol–water partition coefficient (Wildman–Crippen LogP) is 1.69. The van der Waals surface area contributed by atoms with Gasteiger partial charge in [-0.1, -0.05) is 6.92 Å². The third-order valence-electron chi connectivity index (χ3n) is 3.52. The van der Waals surface area contributed by atoms with Crippen molar-refractivity contribution in [3.05, 3.63) is 11.8 Å². The van der Waals surface area contributed by atoms with E-state index in [9.17, 15) is 4.79 Å². The van der Waals surface area contributed by atoms with Crippen LogP contribution in [0.15, 0.2) is 6.07 Å². The van der Waals surface area contributed by atoms with E-state index in [0.717, 1.165) is 31.6 Å². The van der Waals surface area contributed by atoms with Crippen LogP contribution in [0, 0.1) is 5.92 Å². The second-order valence-electron chi connectivity index (χ2n) is 4.91. The summed E-state index contributed by atoms with van der Waals surface area (Å²) < 4.78 is 0. The van der Waals surface area contributed by atoms with E-state index in [1.165, 1.54) is 12.8 Å². The summed E-state index contributed by atoms with van der Waals surface area (Å²) >= 11 is 0. The van der Waals surface area contributed by atoms with Crippen LogP contribution in [0.25, 0.3) is 0 Å². The van der Waals surface area contributed by atoms with Gasteiger partial charge in [0.2, 0.25) is 5.91 Å². The lowest BCUT2D eigenvalue weighted by Gasteiger charge is -2.21. The minimum atomic E-state index is 0.0719. The molecule has 0 spiro atoms. The second kappa shape index (κ2) is 6.54. The average Bonchev–Trinajstić information content (AvgIpc) is 2.85. The van der Waals surface area contributed by atoms with E-state index in [-0.39, 0.29) is 5.91 Å². The summed E-state index contributed by atoms with van der Waals surface area (Å²) in [5.41, 5.74) is 1.05. The third-order valence-corrected chi connectivity index (χ3v) is 3.52. The summed E-state index contributed by atoms with van der Waals surface area (Å²) in [6.45, 7) is 4.23. The topological polar surface area (TPSA) is 69.8 Å². The summed E-state index contributed by atoms with van der Waals surface area (Å²) in [6, 6.07) is 1.89. The molecule has 100 valence electrons. The van der Waals surface area contributed by atoms with Gasteiger partial charge in [0.25, 0.3) is 0 Å². The normalized spacial score (nSPS) is 16.7. The molecule has 1 aromatic heterocycles. The van der Waals surface area contributed by atoms with Crippen molar-refractivity contribution in [2.24, 2.45) is 5.92 Å². The molecule has 0 unspecified atom stereocenters. The molecular weight excluding hydrogens is 228 g/mol. The number of hydrogen-bond donors (Lipinski definition) is 3. The van der Waals surface area contributed by atoms with Crippen molar-refractivity contribution in [1.82, 2.24) is 15.5 Å². The van der Waals surface area contributed by atoms with Crippen LogP contribution in [0.1, 0.15) is 38.3 Å². The SMILES string of the molecule is CCc1cc(NC(=O)CCC2CCNCC2)n[nH]1. The van der Waals surface area contributed by atoms with Crippen molar-refractivity contribution in [3.8, 4) is 0 Å². The zero-order chi connectivity index (χ0) is 12.8. The summed E-state index contributed by atoms with van der Waals surface area (Å²) in [5.74, 6) is 1.41. The molecule has 0 bridgehead atoms. The fourth-order valence-electron chi connectivity index (χ4n) is 2.32. The first-order valence-electron chi connectivity index (χ1n) is 6.82. The van der Waals surface area contributed by atoms with Gasteiger partial charge >= 0.3 is 0 Å². The molecule has 0 radical (unpaired) electrons. The van der Waals surface area contributed by atoms with Crippen LogP contribution in [0.5, 0.6) is 0 Å². The lowest BCUT2D eigenvalue weighted by atomic mass is 9.93. The van der Waals surface area contributed by atoms with Crippen molar-refractivity contribution in [2.75, 3.05) is 18.4 Å². The molecule has 1 aliphatic rings. The van der Waals surface area contributed by atoms with Crippen LogP contribution in [-0.4, -0.2) is 29.2 Å². The number of aromatic nitrogens is 2. The quantitative estimate of drug-likeness (QED) is 0.745. The Balaban J connectivity index is 1.71. The van der Waals surface area contributed by atoms with Gasteiger partial charge < -0.3 is 10.6 Å². The number of amides is 1. The highest BCUT2D eigenvalue weighted by atomic mass is 16.1. The number of hydrogen-bond acceptors (Lipinski definition) is 3. The zero-order valence-electron chi connectivity index (χ0n) is 11.0. The number of piperidine rings is 1. The highest BCUT2D eigenvalue weighted by Crippen LogP contribution is 2.18. The molecular formula is C13H22N4O. The molecule has 3 N–H and O–H groups in total. The van der Waals surface area contributed by atoms with E-state index in [1.54, 1.807) is 0 Å². The summed E-state index contributed by atoms with van der Waals surface area (Å²) in [4.78, 5) is 11.8. The number of aryl methyl sites for hydroxylation is 1. The molecule has 0 aromatic carbocycles. The van der Waals surface area contributed by atoms with Crippen LogP contribution >= 0.6 is 0 Å². The van der Waals surface area contributed by atoms with Crippen molar-refractivity contribution < 1.29 is 4.79 Å². The number of rotatable bonds is 5. The molecule has 18 heavy (non-hydrogen) atoms. The number of H-pyrrole nitrogens is 1. The summed E-state index contributed by atoms with van der Waals surface area (Å²) in [6.07, 6.45) is 4.86. The van der Waals surface area contributed by atoms with Gasteiger partial charge in [0.05, 0.1) is 0 Å². The molecule has 1 saturated heterocycles. The Labute approximate surface area is 108 Å². The second-order valence-corrected chi connectivity index (χ2v) is 4.91. The maximum Gasteiger partial charge on any atom is 0.225 e. The standard InChI is InChI=1S/C13H22N4O/c1-2-11-9-12(17-16-11)15-13(18)4-3-10-5-7-14-8-6-10/h9-10,14H,2-8H2,1H3,(H2,15,16,17,18). The zero-order valence-corrected chi connectivity index (χ0v) is 11.0. The van der Waals surface area contributed by atoms with E-state index in [2.05, 4.69) is 27.8 Å². The van der Waals surface area contributed by atoms with Gasteiger partial charge in [-0.3, -0.25) is 9.89 Å². The van der Waals surface area contributed by atoms with Crippen molar-refractivity contribution >= 4 is 11.7 Å². The average molecular weight is 250 g/mol. The van der Waals surface area contributed by atoms with Crippen LogP contribution in [0.4, 0.5) is 5.82 Å². The molecule has 2 rings (SSSR count). The van der Waals surface area contributed by atoms with Gasteiger partial charge in [0.15, 0.2) is 5.82 Å². The fourth-order valence-corrected chi connectivity index (χ4v) is 2.32. The van der Waals surface area contributed by atoms with Crippen LogP contribution < -0.4 is 10.6 Å². The number of carbonyl (C=O) groups is 1.